The second-order valence-electron chi connectivity index (χ2n) is 4.11. The molecule has 0 aliphatic heterocycles. The maximum absolute atomic E-state index is 12.3. The highest BCUT2D eigenvalue weighted by Crippen LogP contribution is 2.20. The fraction of sp³-hybridized carbons (Fsp3) is 0.200. The molecule has 0 unspecified atom stereocenters. The number of nitrogens with zero attached hydrogens (tertiary/aromatic N) is 1. The van der Waals surface area contributed by atoms with Crippen LogP contribution in [0.1, 0.15) is 22.8 Å². The molecule has 1 N–H and O–H groups in total. The maximum Gasteiger partial charge on any atom is 0.258 e. The number of hydrogen-bond acceptors (Lipinski definition) is 3. The van der Waals surface area contributed by atoms with Gasteiger partial charge in [0.05, 0.1) is 5.56 Å². The smallest absolute Gasteiger partial charge is 0.258 e. The Bertz CT molecular complexity index is 584. The van der Waals surface area contributed by atoms with Crippen molar-refractivity contribution < 1.29 is 4.79 Å². The van der Waals surface area contributed by atoms with Crippen LogP contribution in [0.3, 0.4) is 0 Å². The Hall–Kier alpha value is -1.81. The number of hydrogen-bond donors (Lipinski definition) is 1. The van der Waals surface area contributed by atoms with E-state index in [9.17, 15) is 4.79 Å². The van der Waals surface area contributed by atoms with Crippen LogP contribution in [-0.2, 0) is 0 Å². The molecule has 4 heteroatoms. The molecule has 98 valence electrons. The number of nitrogens with one attached hydrogen (secondary N) is 1. The first kappa shape index (κ1) is 13.6. The van der Waals surface area contributed by atoms with Gasteiger partial charge in [-0.05, 0) is 42.5 Å². The van der Waals surface area contributed by atoms with Gasteiger partial charge in [0.1, 0.15) is 5.03 Å². The number of pyridine rings is 1. The number of amides is 1. The lowest BCUT2D eigenvalue weighted by atomic mass is 10.2. The second kappa shape index (κ2) is 6.38. The molecule has 0 saturated heterocycles. The molecule has 0 fully saturated rings. The molecule has 0 bridgehead atoms. The van der Waals surface area contributed by atoms with Crippen LogP contribution in [0.2, 0.25) is 0 Å². The fourth-order valence-electron chi connectivity index (χ4n) is 1.74. The van der Waals surface area contributed by atoms with Gasteiger partial charge in [-0.2, -0.15) is 0 Å². The van der Waals surface area contributed by atoms with Crippen LogP contribution in [-0.4, -0.2) is 16.6 Å². The van der Waals surface area contributed by atoms with Gasteiger partial charge in [0.25, 0.3) is 5.91 Å². The summed E-state index contributed by atoms with van der Waals surface area (Å²) in [7, 11) is 0. The van der Waals surface area contributed by atoms with Gasteiger partial charge in [-0.25, -0.2) is 4.98 Å². The average Bonchev–Trinajstić information content (AvgIpc) is 2.39. The number of rotatable bonds is 4. The van der Waals surface area contributed by atoms with E-state index in [4.69, 9.17) is 0 Å². The van der Waals surface area contributed by atoms with Crippen molar-refractivity contribution >= 4 is 23.4 Å². The number of benzene rings is 1. The number of carbonyl (C=O) groups excluding carboxylic acids is 1. The van der Waals surface area contributed by atoms with Crippen molar-refractivity contribution in [3.63, 3.8) is 0 Å². The van der Waals surface area contributed by atoms with Crippen LogP contribution in [0.15, 0.2) is 47.6 Å². The molecular formula is C15H16N2OS. The highest BCUT2D eigenvalue weighted by Gasteiger charge is 2.12. The fourth-order valence-corrected chi connectivity index (χ4v) is 2.46. The van der Waals surface area contributed by atoms with Crippen LogP contribution < -0.4 is 5.32 Å². The van der Waals surface area contributed by atoms with Crippen molar-refractivity contribution in [2.75, 3.05) is 11.1 Å². The number of thioether (sulfide) groups is 1. The summed E-state index contributed by atoms with van der Waals surface area (Å²) in [4.78, 5) is 16.5. The van der Waals surface area contributed by atoms with Gasteiger partial charge in [-0.15, -0.1) is 11.8 Å². The quantitative estimate of drug-likeness (QED) is 0.862. The number of aromatic nitrogens is 1. The number of anilines is 1. The van der Waals surface area contributed by atoms with Crippen LogP contribution in [0.5, 0.6) is 0 Å². The summed E-state index contributed by atoms with van der Waals surface area (Å²) in [6.45, 7) is 4.04. The van der Waals surface area contributed by atoms with Gasteiger partial charge >= 0.3 is 0 Å². The Morgan fingerprint density at radius 1 is 1.32 bits per heavy atom. The first-order valence-corrected chi connectivity index (χ1v) is 7.15. The summed E-state index contributed by atoms with van der Waals surface area (Å²) in [5.41, 5.74) is 2.55. The van der Waals surface area contributed by atoms with Crippen molar-refractivity contribution in [2.45, 2.75) is 18.9 Å². The molecule has 19 heavy (non-hydrogen) atoms. The van der Waals surface area contributed by atoms with Gasteiger partial charge < -0.3 is 5.32 Å². The van der Waals surface area contributed by atoms with E-state index in [1.165, 1.54) is 0 Å². The van der Waals surface area contributed by atoms with E-state index in [-0.39, 0.29) is 5.91 Å². The molecule has 0 aliphatic carbocycles. The zero-order valence-electron chi connectivity index (χ0n) is 11.0. The van der Waals surface area contributed by atoms with Gasteiger partial charge in [0.2, 0.25) is 0 Å². The largest absolute Gasteiger partial charge is 0.322 e. The summed E-state index contributed by atoms with van der Waals surface area (Å²) < 4.78 is 0. The first-order valence-electron chi connectivity index (χ1n) is 6.16. The normalized spacial score (nSPS) is 10.2. The third kappa shape index (κ3) is 3.58. The lowest BCUT2D eigenvalue weighted by molar-refractivity contribution is 0.102. The minimum atomic E-state index is -0.116. The lowest BCUT2D eigenvalue weighted by Crippen LogP contribution is -2.13. The Morgan fingerprint density at radius 3 is 2.89 bits per heavy atom. The predicted molar refractivity (Wildman–Crippen MR) is 79.8 cm³/mol. The summed E-state index contributed by atoms with van der Waals surface area (Å²) >= 11 is 1.57. The molecule has 1 aromatic carbocycles. The van der Waals surface area contributed by atoms with Crippen molar-refractivity contribution in [3.8, 4) is 0 Å². The average molecular weight is 272 g/mol. The van der Waals surface area contributed by atoms with Crippen molar-refractivity contribution in [3.05, 3.63) is 53.7 Å². The van der Waals surface area contributed by atoms with E-state index < -0.39 is 0 Å². The highest BCUT2D eigenvalue weighted by atomic mass is 32.2. The summed E-state index contributed by atoms with van der Waals surface area (Å²) in [5.74, 6) is 0.775. The van der Waals surface area contributed by atoms with Gasteiger partial charge in [-0.1, -0.05) is 19.1 Å². The van der Waals surface area contributed by atoms with E-state index in [1.807, 2.05) is 38.1 Å². The lowest BCUT2D eigenvalue weighted by Gasteiger charge is -2.08. The van der Waals surface area contributed by atoms with Crippen LogP contribution in [0.25, 0.3) is 0 Å². The van der Waals surface area contributed by atoms with Gasteiger partial charge in [0.15, 0.2) is 0 Å². The van der Waals surface area contributed by atoms with Crippen LogP contribution >= 0.6 is 11.8 Å². The number of aryl methyl sites for hydroxylation is 1. The van der Waals surface area contributed by atoms with Crippen molar-refractivity contribution in [1.82, 2.24) is 4.98 Å². The minimum Gasteiger partial charge on any atom is -0.322 e. The topological polar surface area (TPSA) is 42.0 Å². The van der Waals surface area contributed by atoms with Crippen molar-refractivity contribution in [1.29, 1.82) is 0 Å². The molecule has 0 radical (unpaired) electrons. The Morgan fingerprint density at radius 2 is 2.16 bits per heavy atom. The molecule has 0 aliphatic rings. The van der Waals surface area contributed by atoms with Gasteiger partial charge in [0, 0.05) is 11.9 Å². The highest BCUT2D eigenvalue weighted by molar-refractivity contribution is 7.99. The third-order valence-corrected chi connectivity index (χ3v) is 3.46. The Kier molecular flexibility index (Phi) is 4.58. The maximum atomic E-state index is 12.3. The molecule has 0 spiro atoms. The monoisotopic (exact) mass is 272 g/mol. The molecule has 1 amide bonds. The zero-order chi connectivity index (χ0) is 13.7. The second-order valence-corrected chi connectivity index (χ2v) is 5.37. The number of carbonyl (C=O) groups is 1. The Labute approximate surface area is 117 Å². The van der Waals surface area contributed by atoms with E-state index in [0.717, 1.165) is 22.0 Å². The molecule has 2 rings (SSSR count). The molecular weight excluding hydrogens is 256 g/mol. The molecule has 2 aromatic rings. The van der Waals surface area contributed by atoms with E-state index in [2.05, 4.69) is 10.3 Å². The molecule has 1 heterocycles. The molecule has 3 nitrogen and oxygen atoms in total. The standard InChI is InChI=1S/C15H16N2OS/c1-3-19-15-13(8-5-9-16-15)14(18)17-12-7-4-6-11(2)10-12/h4-10H,3H2,1-2H3,(H,17,18). The minimum absolute atomic E-state index is 0.116. The van der Waals surface area contributed by atoms with Gasteiger partial charge in [-0.3, -0.25) is 4.79 Å². The van der Waals surface area contributed by atoms with Crippen molar-refractivity contribution in [2.24, 2.45) is 0 Å². The molecule has 1 aromatic heterocycles. The predicted octanol–water partition coefficient (Wildman–Crippen LogP) is 3.75. The molecule has 0 saturated carbocycles. The SMILES string of the molecule is CCSc1ncccc1C(=O)Nc1cccc(C)c1. The summed E-state index contributed by atoms with van der Waals surface area (Å²) in [6.07, 6.45) is 1.71. The van der Waals surface area contributed by atoms with E-state index >= 15 is 0 Å². The Balaban J connectivity index is 2.20. The van der Waals surface area contributed by atoms with E-state index in [0.29, 0.717) is 5.56 Å². The van der Waals surface area contributed by atoms with Crippen LogP contribution in [0, 0.1) is 6.92 Å². The summed E-state index contributed by atoms with van der Waals surface area (Å²) in [6, 6.07) is 11.3. The molecule has 0 atom stereocenters. The third-order valence-electron chi connectivity index (χ3n) is 2.57. The van der Waals surface area contributed by atoms with E-state index in [1.54, 1.807) is 30.1 Å². The van der Waals surface area contributed by atoms with Crippen LogP contribution in [0.4, 0.5) is 5.69 Å². The first-order chi connectivity index (χ1) is 9.20. The summed E-state index contributed by atoms with van der Waals surface area (Å²) in [5, 5.41) is 3.68. The zero-order valence-corrected chi connectivity index (χ0v) is 11.8.